The van der Waals surface area contributed by atoms with Crippen molar-refractivity contribution in [3.8, 4) is 0 Å². The molecule has 0 aliphatic carbocycles. The number of nitrogens with zero attached hydrogens (tertiary/aromatic N) is 3. The molecule has 202 valence electrons. The summed E-state index contributed by atoms with van der Waals surface area (Å²) in [7, 11) is -3.61. The Bertz CT molecular complexity index is 1400. The molecule has 0 bridgehead atoms. The van der Waals surface area contributed by atoms with Gasteiger partial charge in [0.25, 0.3) is 0 Å². The van der Waals surface area contributed by atoms with Gasteiger partial charge in [-0.15, -0.1) is 0 Å². The molecule has 0 unspecified atom stereocenters. The van der Waals surface area contributed by atoms with Gasteiger partial charge in [0.2, 0.25) is 10.0 Å². The molecular formula is C29H35BrN4O3S. The van der Waals surface area contributed by atoms with E-state index < -0.39 is 10.0 Å². The minimum absolute atomic E-state index is 0.0281. The van der Waals surface area contributed by atoms with Crippen LogP contribution < -0.4 is 5.48 Å². The molecule has 7 nitrogen and oxygen atoms in total. The summed E-state index contributed by atoms with van der Waals surface area (Å²) < 4.78 is 29.9. The number of likely N-dealkylation sites (tertiary alicyclic amines) is 1. The van der Waals surface area contributed by atoms with Crippen molar-refractivity contribution in [2.45, 2.75) is 50.0 Å². The van der Waals surface area contributed by atoms with Crippen LogP contribution >= 0.6 is 15.9 Å². The van der Waals surface area contributed by atoms with E-state index in [0.717, 1.165) is 59.9 Å². The monoisotopic (exact) mass is 598 g/mol. The molecule has 0 atom stereocenters. The van der Waals surface area contributed by atoms with E-state index in [0.29, 0.717) is 30.1 Å². The van der Waals surface area contributed by atoms with Gasteiger partial charge in [0.1, 0.15) is 4.90 Å². The van der Waals surface area contributed by atoms with Crippen molar-refractivity contribution in [3.63, 3.8) is 0 Å². The molecule has 38 heavy (non-hydrogen) atoms. The van der Waals surface area contributed by atoms with E-state index in [-0.39, 0.29) is 5.54 Å². The Kier molecular flexibility index (Phi) is 8.21. The number of pyridine rings is 1. The number of rotatable bonds is 7. The number of benzene rings is 2. The molecule has 1 N–H and O–H groups in total. The number of halogens is 1. The highest BCUT2D eigenvalue weighted by Crippen LogP contribution is 2.36. The van der Waals surface area contributed by atoms with Gasteiger partial charge in [-0.05, 0) is 74.9 Å². The van der Waals surface area contributed by atoms with Crippen molar-refractivity contribution in [3.05, 3.63) is 76.4 Å². The zero-order valence-corrected chi connectivity index (χ0v) is 24.4. The van der Waals surface area contributed by atoms with Crippen LogP contribution in [0.5, 0.6) is 0 Å². The maximum absolute atomic E-state index is 13.6. The zero-order valence-electron chi connectivity index (χ0n) is 22.0. The van der Waals surface area contributed by atoms with Crippen LogP contribution in [0.3, 0.4) is 0 Å². The second kappa shape index (κ2) is 11.4. The van der Waals surface area contributed by atoms with Crippen molar-refractivity contribution in [2.75, 3.05) is 32.8 Å². The summed E-state index contributed by atoms with van der Waals surface area (Å²) >= 11 is 3.52. The summed E-state index contributed by atoms with van der Waals surface area (Å²) in [4.78, 5) is 12.8. The third-order valence-electron chi connectivity index (χ3n) is 7.95. The molecule has 1 aromatic heterocycles. The van der Waals surface area contributed by atoms with Crippen LogP contribution in [0.2, 0.25) is 0 Å². The number of fused-ring (bicyclic) bond motifs is 1. The molecule has 3 aromatic rings. The van der Waals surface area contributed by atoms with Gasteiger partial charge in [0.05, 0.1) is 17.8 Å². The Labute approximate surface area is 234 Å². The first kappa shape index (κ1) is 27.3. The lowest BCUT2D eigenvalue weighted by atomic mass is 9.85. The summed E-state index contributed by atoms with van der Waals surface area (Å²) in [5.74, 6) is 0. The van der Waals surface area contributed by atoms with Gasteiger partial charge >= 0.3 is 0 Å². The maximum Gasteiger partial charge on any atom is 0.245 e. The Hall–Kier alpha value is -2.30. The highest BCUT2D eigenvalue weighted by atomic mass is 79.9. The van der Waals surface area contributed by atoms with Crippen LogP contribution in [0.15, 0.2) is 75.7 Å². The number of hydrogen-bond acceptors (Lipinski definition) is 6. The number of hydroxylamine groups is 1. The van der Waals surface area contributed by atoms with Crippen molar-refractivity contribution in [1.29, 1.82) is 0 Å². The van der Waals surface area contributed by atoms with Gasteiger partial charge in [0, 0.05) is 47.8 Å². The van der Waals surface area contributed by atoms with Crippen LogP contribution in [0, 0.1) is 0 Å². The summed E-state index contributed by atoms with van der Waals surface area (Å²) in [6, 6.07) is 17.4. The van der Waals surface area contributed by atoms with Crippen LogP contribution in [0.1, 0.15) is 45.1 Å². The molecule has 0 saturated carbocycles. The van der Waals surface area contributed by atoms with Crippen molar-refractivity contribution in [2.24, 2.45) is 0 Å². The first-order chi connectivity index (χ1) is 18.3. The third-order valence-corrected chi connectivity index (χ3v) is 10.4. The van der Waals surface area contributed by atoms with Crippen LogP contribution in [-0.4, -0.2) is 60.9 Å². The standard InChI is InChI=1S/C29H35BrN4O3S/c1-3-37-32-27(23-9-11-25(30)12-10-23)24-13-18-33(19-14-24)29(2)15-20-34(21-16-29)38(35,36)26-8-4-6-22-7-5-17-31-28(22)26/h4-12,17,32H,3,13-16,18-21H2,1-2H3. The molecule has 3 heterocycles. The highest BCUT2D eigenvalue weighted by molar-refractivity contribution is 9.10. The Morgan fingerprint density at radius 3 is 2.39 bits per heavy atom. The zero-order chi connectivity index (χ0) is 26.8. The van der Waals surface area contributed by atoms with Gasteiger partial charge in [-0.3, -0.25) is 20.2 Å². The predicted octanol–water partition coefficient (Wildman–Crippen LogP) is 5.59. The number of nitrogens with one attached hydrogen (secondary N) is 1. The van der Waals surface area contributed by atoms with E-state index in [1.807, 2.05) is 25.1 Å². The number of para-hydroxylation sites is 1. The maximum atomic E-state index is 13.6. The molecule has 0 radical (unpaired) electrons. The largest absolute Gasteiger partial charge is 0.297 e. The third kappa shape index (κ3) is 5.53. The molecule has 0 amide bonds. The first-order valence-electron chi connectivity index (χ1n) is 13.3. The van der Waals surface area contributed by atoms with E-state index >= 15 is 0 Å². The summed E-state index contributed by atoms with van der Waals surface area (Å²) in [5, 5.41) is 0.842. The van der Waals surface area contributed by atoms with E-state index in [4.69, 9.17) is 4.84 Å². The van der Waals surface area contributed by atoms with E-state index in [9.17, 15) is 8.42 Å². The number of piperidine rings is 2. The van der Waals surface area contributed by atoms with E-state index in [1.165, 1.54) is 5.57 Å². The molecule has 2 aliphatic heterocycles. The highest BCUT2D eigenvalue weighted by Gasteiger charge is 2.40. The SMILES string of the molecule is CCONC(=C1CCN(C2(C)CCN(S(=O)(=O)c3cccc4cccnc34)CC2)CC1)c1ccc(Br)cc1. The fourth-order valence-corrected chi connectivity index (χ4v) is 7.48. The van der Waals surface area contributed by atoms with Crippen LogP contribution in [-0.2, 0) is 14.9 Å². The van der Waals surface area contributed by atoms with Gasteiger partial charge in [-0.1, -0.05) is 46.3 Å². The number of sulfonamides is 1. The van der Waals surface area contributed by atoms with Gasteiger partial charge in [0.15, 0.2) is 0 Å². The first-order valence-corrected chi connectivity index (χ1v) is 15.5. The molecule has 2 aliphatic rings. The second-order valence-corrected chi connectivity index (χ2v) is 13.1. The van der Waals surface area contributed by atoms with Crippen LogP contribution in [0.25, 0.3) is 16.6 Å². The normalized spacial score (nSPS) is 19.0. The van der Waals surface area contributed by atoms with Crippen molar-refractivity contribution >= 4 is 42.6 Å². The van der Waals surface area contributed by atoms with E-state index in [2.05, 4.69) is 62.5 Å². The smallest absolute Gasteiger partial charge is 0.245 e. The fraction of sp³-hybridized carbons (Fsp3) is 0.414. The van der Waals surface area contributed by atoms with E-state index in [1.54, 1.807) is 22.6 Å². The fourth-order valence-electron chi connectivity index (χ4n) is 5.61. The minimum atomic E-state index is -3.61. The molecule has 2 aromatic carbocycles. The van der Waals surface area contributed by atoms with Crippen molar-refractivity contribution < 1.29 is 13.3 Å². The lowest BCUT2D eigenvalue weighted by molar-refractivity contribution is 0.0471. The molecule has 5 rings (SSSR count). The molecule has 9 heteroatoms. The van der Waals surface area contributed by atoms with Gasteiger partial charge in [-0.2, -0.15) is 4.31 Å². The molecule has 0 spiro atoms. The molecular weight excluding hydrogens is 564 g/mol. The van der Waals surface area contributed by atoms with Gasteiger partial charge in [-0.25, -0.2) is 8.42 Å². The Morgan fingerprint density at radius 1 is 1.03 bits per heavy atom. The topological polar surface area (TPSA) is 74.8 Å². The lowest BCUT2D eigenvalue weighted by Gasteiger charge is -2.48. The quantitative estimate of drug-likeness (QED) is 0.357. The van der Waals surface area contributed by atoms with Crippen LogP contribution in [0.4, 0.5) is 0 Å². The summed E-state index contributed by atoms with van der Waals surface area (Å²) in [5.41, 5.74) is 7.26. The average molecular weight is 600 g/mol. The van der Waals surface area contributed by atoms with Crippen molar-refractivity contribution in [1.82, 2.24) is 19.7 Å². The summed E-state index contributed by atoms with van der Waals surface area (Å²) in [6.07, 6.45) is 5.16. The Balaban J connectivity index is 1.27. The average Bonchev–Trinajstić information content (AvgIpc) is 2.94. The molecule has 2 saturated heterocycles. The van der Waals surface area contributed by atoms with Gasteiger partial charge < -0.3 is 0 Å². The summed E-state index contributed by atoms with van der Waals surface area (Å²) in [6.45, 7) is 7.77. The molecule has 2 fully saturated rings. The number of hydrogen-bond donors (Lipinski definition) is 1. The predicted molar refractivity (Wildman–Crippen MR) is 155 cm³/mol. The minimum Gasteiger partial charge on any atom is -0.297 e. The lowest BCUT2D eigenvalue weighted by Crippen LogP contribution is -2.56. The number of aromatic nitrogens is 1. The Morgan fingerprint density at radius 2 is 1.71 bits per heavy atom. The second-order valence-electron chi connectivity index (χ2n) is 10.2.